The summed E-state index contributed by atoms with van der Waals surface area (Å²) >= 11 is 11.7. The summed E-state index contributed by atoms with van der Waals surface area (Å²) in [6.45, 7) is 0.382. The summed E-state index contributed by atoms with van der Waals surface area (Å²) in [5, 5.41) is 0.949. The van der Waals surface area contributed by atoms with Gasteiger partial charge >= 0.3 is 0 Å². The van der Waals surface area contributed by atoms with Gasteiger partial charge in [-0.25, -0.2) is 4.98 Å². The van der Waals surface area contributed by atoms with Crippen LogP contribution in [-0.2, 0) is 6.61 Å². The van der Waals surface area contributed by atoms with E-state index in [1.807, 2.05) is 30.3 Å². The lowest BCUT2D eigenvalue weighted by Gasteiger charge is -2.07. The standard InChI is InChI=1S/C12H9Cl2NO/c13-11-6-12(14)15-7-9(11)8-16-10-4-2-1-3-5-10/h1-7H,8H2. The van der Waals surface area contributed by atoms with E-state index in [0.717, 1.165) is 11.3 Å². The SMILES string of the molecule is Clc1cc(Cl)c(COc2ccccc2)cn1. The van der Waals surface area contributed by atoms with Crippen molar-refractivity contribution in [2.75, 3.05) is 0 Å². The van der Waals surface area contributed by atoms with E-state index in [1.54, 1.807) is 12.3 Å². The molecule has 4 heteroatoms. The topological polar surface area (TPSA) is 22.1 Å². The highest BCUT2D eigenvalue weighted by molar-refractivity contribution is 6.34. The first-order valence-corrected chi connectivity index (χ1v) is 5.49. The third kappa shape index (κ3) is 2.87. The molecule has 0 N–H and O–H groups in total. The molecule has 0 fully saturated rings. The van der Waals surface area contributed by atoms with Gasteiger partial charge in [-0.05, 0) is 18.2 Å². The van der Waals surface area contributed by atoms with Gasteiger partial charge in [0.25, 0.3) is 0 Å². The Morgan fingerprint density at radius 1 is 1.12 bits per heavy atom. The number of para-hydroxylation sites is 1. The van der Waals surface area contributed by atoms with E-state index in [-0.39, 0.29) is 0 Å². The molecule has 1 aromatic carbocycles. The van der Waals surface area contributed by atoms with Crippen LogP contribution in [0.5, 0.6) is 5.75 Å². The number of benzene rings is 1. The molecule has 0 radical (unpaired) electrons. The summed E-state index contributed by atoms with van der Waals surface area (Å²) < 4.78 is 5.55. The van der Waals surface area contributed by atoms with E-state index in [0.29, 0.717) is 16.8 Å². The van der Waals surface area contributed by atoms with Crippen LogP contribution in [0, 0.1) is 0 Å². The van der Waals surface area contributed by atoms with E-state index in [2.05, 4.69) is 4.98 Å². The van der Waals surface area contributed by atoms with Gasteiger partial charge in [-0.1, -0.05) is 41.4 Å². The molecule has 1 aromatic heterocycles. The second-order valence-electron chi connectivity index (χ2n) is 3.20. The van der Waals surface area contributed by atoms with Gasteiger partial charge in [0.15, 0.2) is 0 Å². The number of ether oxygens (including phenoxy) is 1. The molecule has 0 aliphatic heterocycles. The third-order valence-corrected chi connectivity index (χ3v) is 2.59. The normalized spacial score (nSPS) is 10.1. The Bertz CT molecular complexity index is 474. The fourth-order valence-corrected chi connectivity index (χ4v) is 1.64. The fraction of sp³-hybridized carbons (Fsp3) is 0.0833. The van der Waals surface area contributed by atoms with Crippen molar-refractivity contribution in [2.45, 2.75) is 6.61 Å². The van der Waals surface area contributed by atoms with Crippen LogP contribution in [0.15, 0.2) is 42.6 Å². The third-order valence-electron chi connectivity index (χ3n) is 2.03. The Morgan fingerprint density at radius 2 is 1.88 bits per heavy atom. The largest absolute Gasteiger partial charge is 0.489 e. The summed E-state index contributed by atoms with van der Waals surface area (Å²) in [7, 11) is 0. The maximum absolute atomic E-state index is 5.99. The number of hydrogen-bond acceptors (Lipinski definition) is 2. The molecule has 0 saturated carbocycles. The van der Waals surface area contributed by atoms with Crippen LogP contribution in [-0.4, -0.2) is 4.98 Å². The van der Waals surface area contributed by atoms with Gasteiger partial charge in [-0.15, -0.1) is 0 Å². The molecule has 0 spiro atoms. The number of hydrogen-bond donors (Lipinski definition) is 0. The molecule has 0 saturated heterocycles. The number of nitrogens with zero attached hydrogens (tertiary/aromatic N) is 1. The highest BCUT2D eigenvalue weighted by Gasteiger charge is 2.03. The van der Waals surface area contributed by atoms with Crippen LogP contribution < -0.4 is 4.74 Å². The second-order valence-corrected chi connectivity index (χ2v) is 3.99. The molecule has 1 heterocycles. The number of pyridine rings is 1. The van der Waals surface area contributed by atoms with Crippen LogP contribution in [0.4, 0.5) is 0 Å². The van der Waals surface area contributed by atoms with E-state index in [4.69, 9.17) is 27.9 Å². The predicted octanol–water partition coefficient (Wildman–Crippen LogP) is 3.97. The van der Waals surface area contributed by atoms with Crippen molar-refractivity contribution in [1.82, 2.24) is 4.98 Å². The average Bonchev–Trinajstić information content (AvgIpc) is 2.29. The minimum absolute atomic E-state index is 0.382. The summed E-state index contributed by atoms with van der Waals surface area (Å²) in [5.74, 6) is 0.800. The Morgan fingerprint density at radius 3 is 2.56 bits per heavy atom. The molecule has 2 aromatic rings. The highest BCUT2D eigenvalue weighted by Crippen LogP contribution is 2.20. The quantitative estimate of drug-likeness (QED) is 0.773. The van der Waals surface area contributed by atoms with Gasteiger partial charge in [-0.2, -0.15) is 0 Å². The minimum atomic E-state index is 0.382. The molecule has 0 bridgehead atoms. The maximum atomic E-state index is 5.99. The zero-order valence-corrected chi connectivity index (χ0v) is 9.87. The second kappa shape index (κ2) is 5.19. The molecule has 2 rings (SSSR count). The Labute approximate surface area is 104 Å². The minimum Gasteiger partial charge on any atom is -0.489 e. The number of halogens is 2. The van der Waals surface area contributed by atoms with Crippen LogP contribution in [0.1, 0.15) is 5.56 Å². The van der Waals surface area contributed by atoms with Crippen LogP contribution in [0.2, 0.25) is 10.2 Å². The maximum Gasteiger partial charge on any atom is 0.130 e. The van der Waals surface area contributed by atoms with Crippen molar-refractivity contribution < 1.29 is 4.74 Å². The van der Waals surface area contributed by atoms with Crippen molar-refractivity contribution in [3.8, 4) is 5.75 Å². The lowest BCUT2D eigenvalue weighted by atomic mass is 10.3. The first-order chi connectivity index (χ1) is 7.75. The smallest absolute Gasteiger partial charge is 0.130 e. The van der Waals surface area contributed by atoms with Gasteiger partial charge in [0.2, 0.25) is 0 Å². The molecule has 82 valence electrons. The van der Waals surface area contributed by atoms with Gasteiger partial charge in [-0.3, -0.25) is 0 Å². The van der Waals surface area contributed by atoms with Gasteiger partial charge in [0.05, 0.1) is 5.02 Å². The molecule has 0 unspecified atom stereocenters. The Balaban J connectivity index is 2.05. The first kappa shape index (κ1) is 11.2. The zero-order chi connectivity index (χ0) is 11.4. The zero-order valence-electron chi connectivity index (χ0n) is 8.36. The summed E-state index contributed by atoms with van der Waals surface area (Å²) in [6.07, 6.45) is 1.62. The van der Waals surface area contributed by atoms with Crippen molar-refractivity contribution in [1.29, 1.82) is 0 Å². The molecule has 0 aliphatic rings. The number of aromatic nitrogens is 1. The Hall–Kier alpha value is -1.25. The van der Waals surface area contributed by atoms with Crippen LogP contribution >= 0.6 is 23.2 Å². The van der Waals surface area contributed by atoms with Gasteiger partial charge < -0.3 is 4.74 Å². The Kier molecular flexibility index (Phi) is 3.65. The summed E-state index contributed by atoms with van der Waals surface area (Å²) in [6, 6.07) is 11.1. The van der Waals surface area contributed by atoms with E-state index < -0.39 is 0 Å². The summed E-state index contributed by atoms with van der Waals surface area (Å²) in [4.78, 5) is 3.95. The average molecular weight is 254 g/mol. The van der Waals surface area contributed by atoms with Gasteiger partial charge in [0.1, 0.15) is 17.5 Å². The lowest BCUT2D eigenvalue weighted by Crippen LogP contribution is -1.97. The number of rotatable bonds is 3. The van der Waals surface area contributed by atoms with Crippen molar-refractivity contribution in [2.24, 2.45) is 0 Å². The van der Waals surface area contributed by atoms with Crippen molar-refractivity contribution in [3.63, 3.8) is 0 Å². The molecule has 2 nitrogen and oxygen atoms in total. The molecule has 0 amide bonds. The fourth-order valence-electron chi connectivity index (χ4n) is 1.22. The highest BCUT2D eigenvalue weighted by atomic mass is 35.5. The van der Waals surface area contributed by atoms with Crippen LogP contribution in [0.3, 0.4) is 0 Å². The molecular formula is C12H9Cl2NO. The monoisotopic (exact) mass is 253 g/mol. The molecular weight excluding hydrogens is 245 g/mol. The van der Waals surface area contributed by atoms with Crippen LogP contribution in [0.25, 0.3) is 0 Å². The predicted molar refractivity (Wildman–Crippen MR) is 65.0 cm³/mol. The van der Waals surface area contributed by atoms with Crippen molar-refractivity contribution >= 4 is 23.2 Å². The van der Waals surface area contributed by atoms with Crippen molar-refractivity contribution in [3.05, 3.63) is 58.3 Å². The first-order valence-electron chi connectivity index (χ1n) is 4.73. The van der Waals surface area contributed by atoms with E-state index >= 15 is 0 Å². The molecule has 0 aliphatic carbocycles. The van der Waals surface area contributed by atoms with Gasteiger partial charge in [0, 0.05) is 11.8 Å². The molecule has 16 heavy (non-hydrogen) atoms. The van der Waals surface area contributed by atoms with E-state index in [1.165, 1.54) is 0 Å². The van der Waals surface area contributed by atoms with E-state index in [9.17, 15) is 0 Å². The molecule has 0 atom stereocenters. The summed E-state index contributed by atoms with van der Waals surface area (Å²) in [5.41, 5.74) is 0.815. The lowest BCUT2D eigenvalue weighted by molar-refractivity contribution is 0.306.